The first-order valence-corrected chi connectivity index (χ1v) is 6.66. The van der Waals surface area contributed by atoms with Crippen LogP contribution >= 0.6 is 11.8 Å². The van der Waals surface area contributed by atoms with Gasteiger partial charge in [0.1, 0.15) is 6.04 Å². The largest absolute Gasteiger partial charge is 0.480 e. The third-order valence-electron chi connectivity index (χ3n) is 3.22. The van der Waals surface area contributed by atoms with Gasteiger partial charge in [-0.2, -0.15) is 0 Å². The second-order valence-corrected chi connectivity index (χ2v) is 5.20. The Hall–Kier alpha value is -0.790. The van der Waals surface area contributed by atoms with E-state index in [2.05, 4.69) is 5.32 Å². The summed E-state index contributed by atoms with van der Waals surface area (Å²) in [6, 6.07) is -0.701. The molecule has 0 spiro atoms. The number of likely N-dealkylation sites (N-methyl/N-ethyl adjacent to an activating group) is 1. The summed E-state index contributed by atoms with van der Waals surface area (Å²) in [5, 5.41) is 12.1. The number of amides is 1. The number of aliphatic carboxylic acids is 1. The molecule has 2 heterocycles. The lowest BCUT2D eigenvalue weighted by Gasteiger charge is -2.25. The van der Waals surface area contributed by atoms with Crippen LogP contribution in [0.1, 0.15) is 0 Å². The molecule has 0 bridgehead atoms. The number of nitrogens with one attached hydrogen (secondary N) is 1. The molecule has 96 valence electrons. The Kier molecular flexibility index (Phi) is 3.90. The molecule has 3 unspecified atom stereocenters. The van der Waals surface area contributed by atoms with Crippen LogP contribution in [0.3, 0.4) is 0 Å². The highest BCUT2D eigenvalue weighted by atomic mass is 32.2. The van der Waals surface area contributed by atoms with Gasteiger partial charge in [-0.3, -0.25) is 4.79 Å². The molecule has 2 N–H and O–H groups in total. The van der Waals surface area contributed by atoms with Crippen molar-refractivity contribution in [2.24, 2.45) is 5.92 Å². The van der Waals surface area contributed by atoms with Gasteiger partial charge in [-0.15, -0.1) is 11.8 Å². The standard InChI is InChI=1S/C10H16N2O4S/c1-11-7-3-16-2-6(7)9(13)12-5-17-4-8(12)10(14)15/h6-8,11H,2-5H2,1H3,(H,14,15). The van der Waals surface area contributed by atoms with Crippen LogP contribution in [0.5, 0.6) is 0 Å². The van der Waals surface area contributed by atoms with Gasteiger partial charge in [0, 0.05) is 11.8 Å². The third kappa shape index (κ3) is 2.41. The number of carbonyl (C=O) groups is 2. The van der Waals surface area contributed by atoms with Crippen molar-refractivity contribution in [3.63, 3.8) is 0 Å². The summed E-state index contributed by atoms with van der Waals surface area (Å²) in [6.07, 6.45) is 0. The van der Waals surface area contributed by atoms with Gasteiger partial charge < -0.3 is 20.1 Å². The molecule has 7 heteroatoms. The zero-order valence-electron chi connectivity index (χ0n) is 9.59. The number of rotatable bonds is 3. The number of carboxylic acids is 1. The molecule has 6 nitrogen and oxygen atoms in total. The van der Waals surface area contributed by atoms with E-state index in [9.17, 15) is 9.59 Å². The maximum atomic E-state index is 12.3. The van der Waals surface area contributed by atoms with Crippen molar-refractivity contribution < 1.29 is 19.4 Å². The minimum Gasteiger partial charge on any atom is -0.480 e. The zero-order valence-corrected chi connectivity index (χ0v) is 10.4. The number of hydrogen-bond donors (Lipinski definition) is 2. The van der Waals surface area contributed by atoms with Crippen molar-refractivity contribution >= 4 is 23.6 Å². The molecule has 0 aliphatic carbocycles. The number of nitrogens with zero attached hydrogens (tertiary/aromatic N) is 1. The summed E-state index contributed by atoms with van der Waals surface area (Å²) < 4.78 is 5.27. The molecule has 0 aromatic carbocycles. The van der Waals surface area contributed by atoms with Gasteiger partial charge in [0.05, 0.1) is 25.0 Å². The molecule has 2 aliphatic rings. The summed E-state index contributed by atoms with van der Waals surface area (Å²) in [7, 11) is 1.78. The first-order chi connectivity index (χ1) is 8.15. The first-order valence-electron chi connectivity index (χ1n) is 5.51. The molecule has 0 aromatic rings. The fourth-order valence-electron chi connectivity index (χ4n) is 2.16. The minimum absolute atomic E-state index is 0.0115. The minimum atomic E-state index is -0.928. The van der Waals surface area contributed by atoms with Crippen LogP contribution in [0.2, 0.25) is 0 Å². The summed E-state index contributed by atoms with van der Waals surface area (Å²) in [6.45, 7) is 0.878. The summed E-state index contributed by atoms with van der Waals surface area (Å²) >= 11 is 1.48. The van der Waals surface area contributed by atoms with E-state index in [0.29, 0.717) is 24.8 Å². The van der Waals surface area contributed by atoms with Crippen molar-refractivity contribution in [1.82, 2.24) is 10.2 Å². The van der Waals surface area contributed by atoms with Crippen LogP contribution in [0.25, 0.3) is 0 Å². The van der Waals surface area contributed by atoms with E-state index in [0.717, 1.165) is 0 Å². The van der Waals surface area contributed by atoms with Gasteiger partial charge in [0.25, 0.3) is 0 Å². The Bertz CT molecular complexity index is 325. The molecular formula is C10H16N2O4S. The second kappa shape index (κ2) is 5.24. The predicted molar refractivity (Wildman–Crippen MR) is 62.8 cm³/mol. The van der Waals surface area contributed by atoms with E-state index in [1.165, 1.54) is 16.7 Å². The van der Waals surface area contributed by atoms with E-state index >= 15 is 0 Å². The number of hydrogen-bond acceptors (Lipinski definition) is 5. The highest BCUT2D eigenvalue weighted by Gasteiger charge is 2.41. The Morgan fingerprint density at radius 3 is 2.88 bits per heavy atom. The normalized spacial score (nSPS) is 33.0. The lowest BCUT2D eigenvalue weighted by molar-refractivity contribution is -0.149. The van der Waals surface area contributed by atoms with Crippen molar-refractivity contribution in [3.05, 3.63) is 0 Å². The average Bonchev–Trinajstić information content (AvgIpc) is 2.96. The van der Waals surface area contributed by atoms with E-state index in [4.69, 9.17) is 9.84 Å². The lowest BCUT2D eigenvalue weighted by Crippen LogP contribution is -2.49. The van der Waals surface area contributed by atoms with Gasteiger partial charge in [-0.25, -0.2) is 4.79 Å². The highest BCUT2D eigenvalue weighted by Crippen LogP contribution is 2.25. The predicted octanol–water partition coefficient (Wildman–Crippen LogP) is -0.793. The van der Waals surface area contributed by atoms with Crippen LogP contribution in [-0.2, 0) is 14.3 Å². The number of carbonyl (C=O) groups excluding carboxylic acids is 1. The summed E-state index contributed by atoms with van der Waals surface area (Å²) in [5.41, 5.74) is 0. The fraction of sp³-hybridized carbons (Fsp3) is 0.800. The molecule has 1 amide bonds. The summed E-state index contributed by atoms with van der Waals surface area (Å²) in [4.78, 5) is 24.7. The van der Waals surface area contributed by atoms with Crippen LogP contribution in [0.15, 0.2) is 0 Å². The number of thioether (sulfide) groups is 1. The zero-order chi connectivity index (χ0) is 12.4. The lowest BCUT2D eigenvalue weighted by atomic mass is 10.0. The van der Waals surface area contributed by atoms with Crippen molar-refractivity contribution in [2.75, 3.05) is 31.9 Å². The van der Waals surface area contributed by atoms with E-state index in [1.807, 2.05) is 0 Å². The van der Waals surface area contributed by atoms with E-state index < -0.39 is 12.0 Å². The average molecular weight is 260 g/mol. The molecule has 17 heavy (non-hydrogen) atoms. The molecule has 2 saturated heterocycles. The smallest absolute Gasteiger partial charge is 0.327 e. The Morgan fingerprint density at radius 2 is 2.24 bits per heavy atom. The first kappa shape index (κ1) is 12.7. The fourth-order valence-corrected chi connectivity index (χ4v) is 3.31. The van der Waals surface area contributed by atoms with Crippen LogP contribution in [0.4, 0.5) is 0 Å². The van der Waals surface area contributed by atoms with E-state index in [1.54, 1.807) is 7.05 Å². The van der Waals surface area contributed by atoms with Gasteiger partial charge in [0.2, 0.25) is 5.91 Å². The highest BCUT2D eigenvalue weighted by molar-refractivity contribution is 7.99. The Morgan fingerprint density at radius 1 is 1.47 bits per heavy atom. The van der Waals surface area contributed by atoms with Gasteiger partial charge in [-0.1, -0.05) is 0 Å². The second-order valence-electron chi connectivity index (χ2n) is 4.20. The quantitative estimate of drug-likeness (QED) is 0.692. The molecule has 2 aliphatic heterocycles. The Labute approximate surface area is 104 Å². The third-order valence-corrected chi connectivity index (χ3v) is 4.23. The molecular weight excluding hydrogens is 244 g/mol. The summed E-state index contributed by atoms with van der Waals surface area (Å²) in [5.74, 6) is -0.371. The van der Waals surface area contributed by atoms with Crippen molar-refractivity contribution in [1.29, 1.82) is 0 Å². The van der Waals surface area contributed by atoms with Crippen molar-refractivity contribution in [2.45, 2.75) is 12.1 Å². The van der Waals surface area contributed by atoms with Crippen LogP contribution in [0, 0.1) is 5.92 Å². The molecule has 0 radical (unpaired) electrons. The van der Waals surface area contributed by atoms with E-state index in [-0.39, 0.29) is 17.9 Å². The van der Waals surface area contributed by atoms with Crippen LogP contribution in [-0.4, -0.2) is 65.9 Å². The maximum Gasteiger partial charge on any atom is 0.327 e. The Balaban J connectivity index is 2.06. The molecule has 0 saturated carbocycles. The molecule has 2 rings (SSSR count). The SMILES string of the molecule is CNC1COCC1C(=O)N1CSCC1C(=O)O. The van der Waals surface area contributed by atoms with Gasteiger partial charge in [0.15, 0.2) is 0 Å². The monoisotopic (exact) mass is 260 g/mol. The van der Waals surface area contributed by atoms with Gasteiger partial charge in [-0.05, 0) is 7.05 Å². The van der Waals surface area contributed by atoms with Gasteiger partial charge >= 0.3 is 5.97 Å². The molecule has 2 fully saturated rings. The molecule has 0 aromatic heterocycles. The number of ether oxygens (including phenoxy) is 1. The molecule has 3 atom stereocenters. The topological polar surface area (TPSA) is 78.9 Å². The van der Waals surface area contributed by atoms with Crippen LogP contribution < -0.4 is 5.32 Å². The maximum absolute atomic E-state index is 12.3. The van der Waals surface area contributed by atoms with Crippen molar-refractivity contribution in [3.8, 4) is 0 Å². The number of carboxylic acid groups (broad SMARTS) is 1.